The summed E-state index contributed by atoms with van der Waals surface area (Å²) in [7, 11) is 0. The molecule has 1 atom stereocenters. The van der Waals surface area contributed by atoms with Crippen LogP contribution in [-0.4, -0.2) is 45.5 Å². The largest absolute Gasteiger partial charge is 0.396 e. The molecule has 2 amide bonds. The second-order valence-corrected chi connectivity index (χ2v) is 5.98. The van der Waals surface area contributed by atoms with E-state index < -0.39 is 0 Å². The minimum absolute atomic E-state index is 0.123. The number of benzene rings is 1. The van der Waals surface area contributed by atoms with Crippen LogP contribution < -0.4 is 5.32 Å². The fourth-order valence-corrected chi connectivity index (χ4v) is 2.89. The third kappa shape index (κ3) is 4.10. The van der Waals surface area contributed by atoms with E-state index in [1.54, 1.807) is 15.8 Å². The van der Waals surface area contributed by atoms with Crippen LogP contribution in [0, 0.1) is 5.92 Å². The van der Waals surface area contributed by atoms with Crippen LogP contribution in [0.3, 0.4) is 0 Å². The lowest BCUT2D eigenvalue weighted by molar-refractivity contribution is 0.136. The number of anilines is 1. The number of nitrogens with one attached hydrogen (secondary N) is 1. The van der Waals surface area contributed by atoms with E-state index in [4.69, 9.17) is 0 Å². The van der Waals surface area contributed by atoms with Gasteiger partial charge in [-0.05, 0) is 24.3 Å². The summed E-state index contributed by atoms with van der Waals surface area (Å²) >= 11 is 0. The van der Waals surface area contributed by atoms with Crippen LogP contribution in [0.5, 0.6) is 0 Å². The van der Waals surface area contributed by atoms with E-state index in [1.807, 2.05) is 36.5 Å². The Morgan fingerprint density at radius 3 is 2.96 bits per heavy atom. The number of carbonyl (C=O) groups excluding carboxylic acids is 1. The van der Waals surface area contributed by atoms with Crippen molar-refractivity contribution < 1.29 is 9.90 Å². The average molecular weight is 314 g/mol. The maximum atomic E-state index is 12.3. The SMILES string of the molecule is O=C(Nc1cnn(Cc2ccccc2)c1)N1CCCC(CO)C1. The first-order valence-electron chi connectivity index (χ1n) is 7.98. The summed E-state index contributed by atoms with van der Waals surface area (Å²) in [5.74, 6) is 0.190. The van der Waals surface area contributed by atoms with Crippen molar-refractivity contribution in [3.63, 3.8) is 0 Å². The lowest BCUT2D eigenvalue weighted by atomic mass is 9.99. The van der Waals surface area contributed by atoms with E-state index in [0.717, 1.165) is 24.9 Å². The maximum Gasteiger partial charge on any atom is 0.321 e. The molecule has 0 radical (unpaired) electrons. The molecule has 2 N–H and O–H groups in total. The first kappa shape index (κ1) is 15.6. The Morgan fingerprint density at radius 1 is 1.35 bits per heavy atom. The van der Waals surface area contributed by atoms with Crippen molar-refractivity contribution in [3.8, 4) is 0 Å². The molecule has 23 heavy (non-hydrogen) atoms. The highest BCUT2D eigenvalue weighted by Gasteiger charge is 2.23. The van der Waals surface area contributed by atoms with E-state index in [2.05, 4.69) is 10.4 Å². The molecule has 0 bridgehead atoms. The van der Waals surface area contributed by atoms with Crippen molar-refractivity contribution in [3.05, 3.63) is 48.3 Å². The zero-order valence-corrected chi connectivity index (χ0v) is 13.1. The lowest BCUT2D eigenvalue weighted by Crippen LogP contribution is -2.43. The number of hydrogen-bond acceptors (Lipinski definition) is 3. The molecule has 6 heteroatoms. The number of nitrogens with zero attached hydrogens (tertiary/aromatic N) is 3. The molecule has 1 unspecified atom stereocenters. The van der Waals surface area contributed by atoms with Gasteiger partial charge in [0.05, 0.1) is 18.4 Å². The lowest BCUT2D eigenvalue weighted by Gasteiger charge is -2.31. The van der Waals surface area contributed by atoms with Crippen LogP contribution >= 0.6 is 0 Å². The molecular weight excluding hydrogens is 292 g/mol. The minimum Gasteiger partial charge on any atom is -0.396 e. The zero-order valence-electron chi connectivity index (χ0n) is 13.1. The molecule has 1 saturated heterocycles. The number of hydrogen-bond donors (Lipinski definition) is 2. The molecule has 122 valence electrons. The summed E-state index contributed by atoms with van der Waals surface area (Å²) in [6.07, 6.45) is 5.41. The molecule has 0 spiro atoms. The van der Waals surface area contributed by atoms with Gasteiger partial charge in [-0.15, -0.1) is 0 Å². The first-order valence-corrected chi connectivity index (χ1v) is 7.98. The molecule has 3 rings (SSSR count). The van der Waals surface area contributed by atoms with Gasteiger partial charge < -0.3 is 15.3 Å². The van der Waals surface area contributed by atoms with Gasteiger partial charge in [0.15, 0.2) is 0 Å². The highest BCUT2D eigenvalue weighted by Crippen LogP contribution is 2.17. The second kappa shape index (κ2) is 7.28. The second-order valence-electron chi connectivity index (χ2n) is 5.98. The van der Waals surface area contributed by atoms with Crippen LogP contribution in [0.1, 0.15) is 18.4 Å². The molecule has 1 aliphatic rings. The van der Waals surface area contributed by atoms with E-state index in [0.29, 0.717) is 18.8 Å². The number of amides is 2. The Labute approximate surface area is 135 Å². The first-order chi connectivity index (χ1) is 11.2. The van der Waals surface area contributed by atoms with Crippen molar-refractivity contribution >= 4 is 11.7 Å². The molecule has 0 saturated carbocycles. The summed E-state index contributed by atoms with van der Waals surface area (Å²) in [5.41, 5.74) is 1.85. The highest BCUT2D eigenvalue weighted by atomic mass is 16.3. The fourth-order valence-electron chi connectivity index (χ4n) is 2.89. The normalized spacial score (nSPS) is 18.0. The molecular formula is C17H22N4O2. The summed E-state index contributed by atoms with van der Waals surface area (Å²) in [5, 5.41) is 16.4. The van der Waals surface area contributed by atoms with Gasteiger partial charge >= 0.3 is 6.03 Å². The minimum atomic E-state index is -0.123. The number of urea groups is 1. The van der Waals surface area contributed by atoms with Crippen molar-refractivity contribution in [2.75, 3.05) is 25.0 Å². The van der Waals surface area contributed by atoms with Crippen molar-refractivity contribution in [1.29, 1.82) is 0 Å². The Balaban J connectivity index is 1.57. The quantitative estimate of drug-likeness (QED) is 0.908. The number of aliphatic hydroxyl groups is 1. The van der Waals surface area contributed by atoms with Gasteiger partial charge in [-0.3, -0.25) is 4.68 Å². The third-order valence-corrected chi connectivity index (χ3v) is 4.14. The zero-order chi connectivity index (χ0) is 16.1. The topological polar surface area (TPSA) is 70.4 Å². The van der Waals surface area contributed by atoms with Gasteiger partial charge in [-0.1, -0.05) is 30.3 Å². The monoisotopic (exact) mass is 314 g/mol. The molecule has 1 aromatic carbocycles. The van der Waals surface area contributed by atoms with Crippen LogP contribution in [-0.2, 0) is 6.54 Å². The van der Waals surface area contributed by atoms with Crippen LogP contribution in [0.25, 0.3) is 0 Å². The third-order valence-electron chi connectivity index (χ3n) is 4.14. The summed E-state index contributed by atoms with van der Waals surface area (Å²) in [6.45, 7) is 2.16. The van der Waals surface area contributed by atoms with Crippen molar-refractivity contribution in [2.24, 2.45) is 5.92 Å². The summed E-state index contributed by atoms with van der Waals surface area (Å²) in [6, 6.07) is 9.94. The number of piperidine rings is 1. The Hall–Kier alpha value is -2.34. The van der Waals surface area contributed by atoms with Gasteiger partial charge in [0.1, 0.15) is 0 Å². The number of carbonyl (C=O) groups is 1. The molecule has 2 heterocycles. The predicted molar refractivity (Wildman–Crippen MR) is 88.2 cm³/mol. The van der Waals surface area contributed by atoms with Gasteiger partial charge in [0.2, 0.25) is 0 Å². The Kier molecular flexibility index (Phi) is 4.92. The summed E-state index contributed by atoms with van der Waals surface area (Å²) < 4.78 is 1.80. The molecule has 1 aliphatic heterocycles. The van der Waals surface area contributed by atoms with E-state index in [-0.39, 0.29) is 18.6 Å². The van der Waals surface area contributed by atoms with Gasteiger partial charge in [0.25, 0.3) is 0 Å². The molecule has 1 fully saturated rings. The number of rotatable bonds is 4. The van der Waals surface area contributed by atoms with Gasteiger partial charge in [0, 0.05) is 25.9 Å². The highest BCUT2D eigenvalue weighted by molar-refractivity contribution is 5.89. The molecule has 1 aromatic heterocycles. The van der Waals surface area contributed by atoms with Crippen LogP contribution in [0.15, 0.2) is 42.7 Å². The summed E-state index contributed by atoms with van der Waals surface area (Å²) in [4.78, 5) is 14.1. The van der Waals surface area contributed by atoms with Crippen molar-refractivity contribution in [2.45, 2.75) is 19.4 Å². The predicted octanol–water partition coefficient (Wildman–Crippen LogP) is 2.17. The van der Waals surface area contributed by atoms with Crippen LogP contribution in [0.4, 0.5) is 10.5 Å². The maximum absolute atomic E-state index is 12.3. The van der Waals surface area contributed by atoms with Crippen LogP contribution in [0.2, 0.25) is 0 Å². The molecule has 6 nitrogen and oxygen atoms in total. The van der Waals surface area contributed by atoms with Crippen molar-refractivity contribution in [1.82, 2.24) is 14.7 Å². The number of aromatic nitrogens is 2. The number of aliphatic hydroxyl groups excluding tert-OH is 1. The number of likely N-dealkylation sites (tertiary alicyclic amines) is 1. The Bertz CT molecular complexity index is 641. The average Bonchev–Trinajstić information content (AvgIpc) is 3.02. The smallest absolute Gasteiger partial charge is 0.321 e. The molecule has 2 aromatic rings. The Morgan fingerprint density at radius 2 is 2.17 bits per heavy atom. The van der Waals surface area contributed by atoms with Gasteiger partial charge in [-0.25, -0.2) is 4.79 Å². The van der Waals surface area contributed by atoms with Gasteiger partial charge in [-0.2, -0.15) is 5.10 Å². The standard InChI is InChI=1S/C17H22N4O2/c22-13-15-7-4-8-20(10-15)17(23)19-16-9-18-21(12-16)11-14-5-2-1-3-6-14/h1-3,5-6,9,12,15,22H,4,7-8,10-11,13H2,(H,19,23). The fraction of sp³-hybridized carbons (Fsp3) is 0.412. The van der Waals surface area contributed by atoms with E-state index in [9.17, 15) is 9.90 Å². The molecule has 0 aliphatic carbocycles. The van der Waals surface area contributed by atoms with E-state index in [1.165, 1.54) is 0 Å². The van der Waals surface area contributed by atoms with E-state index >= 15 is 0 Å².